The van der Waals surface area contributed by atoms with E-state index in [1.807, 2.05) is 44.2 Å². The van der Waals surface area contributed by atoms with Crippen LogP contribution in [0.2, 0.25) is 5.02 Å². The Morgan fingerprint density at radius 2 is 1.95 bits per heavy atom. The van der Waals surface area contributed by atoms with Crippen LogP contribution < -0.4 is 11.1 Å². The summed E-state index contributed by atoms with van der Waals surface area (Å²) in [4.78, 5) is 4.87. The van der Waals surface area contributed by atoms with Crippen LogP contribution in [-0.4, -0.2) is 16.5 Å². The summed E-state index contributed by atoms with van der Waals surface area (Å²) < 4.78 is 0. The summed E-state index contributed by atoms with van der Waals surface area (Å²) in [7, 11) is 0. The van der Waals surface area contributed by atoms with Gasteiger partial charge in [0, 0.05) is 17.3 Å². The van der Waals surface area contributed by atoms with Crippen molar-refractivity contribution in [2.75, 3.05) is 11.9 Å². The first-order valence-electron chi connectivity index (χ1n) is 6.73. The second-order valence-electron chi connectivity index (χ2n) is 4.97. The standard InChI is InChI=1S/C16H18ClN3S/c1-10-9-11(2)20-16(14(10)15(18)21)19-8-7-12-3-5-13(17)6-4-12/h3-6,9H,7-8H2,1-2H3,(H2,18,21)(H,19,20). The molecule has 3 nitrogen and oxygen atoms in total. The summed E-state index contributed by atoms with van der Waals surface area (Å²) in [6, 6.07) is 9.82. The molecule has 0 aliphatic rings. The molecule has 0 atom stereocenters. The Bertz CT molecular complexity index is 653. The molecule has 21 heavy (non-hydrogen) atoms. The number of thiocarbonyl (C=S) groups is 1. The molecule has 0 spiro atoms. The Hall–Kier alpha value is -1.65. The number of rotatable bonds is 5. The molecule has 0 saturated heterocycles. The second kappa shape index (κ2) is 6.87. The zero-order valence-corrected chi connectivity index (χ0v) is 13.7. The first kappa shape index (κ1) is 15.7. The number of pyridine rings is 1. The van der Waals surface area contributed by atoms with E-state index in [9.17, 15) is 0 Å². The number of hydrogen-bond acceptors (Lipinski definition) is 3. The molecule has 1 aromatic heterocycles. The molecule has 5 heteroatoms. The van der Waals surface area contributed by atoms with Gasteiger partial charge in [0.1, 0.15) is 10.8 Å². The van der Waals surface area contributed by atoms with Crippen molar-refractivity contribution in [1.29, 1.82) is 0 Å². The molecule has 0 amide bonds. The quantitative estimate of drug-likeness (QED) is 0.826. The Balaban J connectivity index is 2.09. The van der Waals surface area contributed by atoms with Gasteiger partial charge in [-0.15, -0.1) is 0 Å². The first-order valence-corrected chi connectivity index (χ1v) is 7.52. The molecule has 0 saturated carbocycles. The Morgan fingerprint density at radius 1 is 1.29 bits per heavy atom. The highest BCUT2D eigenvalue weighted by Crippen LogP contribution is 2.19. The summed E-state index contributed by atoms with van der Waals surface area (Å²) in [5.74, 6) is 0.758. The number of halogens is 1. The van der Waals surface area contributed by atoms with E-state index < -0.39 is 0 Å². The van der Waals surface area contributed by atoms with E-state index in [1.165, 1.54) is 5.56 Å². The van der Waals surface area contributed by atoms with Crippen molar-refractivity contribution in [3.8, 4) is 0 Å². The van der Waals surface area contributed by atoms with Crippen molar-refractivity contribution < 1.29 is 0 Å². The van der Waals surface area contributed by atoms with Crippen molar-refractivity contribution in [3.63, 3.8) is 0 Å². The van der Waals surface area contributed by atoms with Crippen molar-refractivity contribution in [1.82, 2.24) is 4.98 Å². The third-order valence-corrected chi connectivity index (χ3v) is 3.67. The molecule has 110 valence electrons. The van der Waals surface area contributed by atoms with Crippen LogP contribution in [0.1, 0.15) is 22.4 Å². The van der Waals surface area contributed by atoms with Crippen LogP contribution in [0.3, 0.4) is 0 Å². The molecule has 0 bridgehead atoms. The lowest BCUT2D eigenvalue weighted by molar-refractivity contribution is 0.997. The largest absolute Gasteiger partial charge is 0.389 e. The smallest absolute Gasteiger partial charge is 0.136 e. The molecule has 2 aromatic rings. The lowest BCUT2D eigenvalue weighted by Gasteiger charge is -2.13. The molecule has 0 fully saturated rings. The van der Waals surface area contributed by atoms with E-state index in [2.05, 4.69) is 10.3 Å². The lowest BCUT2D eigenvalue weighted by Crippen LogP contribution is -2.18. The average Bonchev–Trinajstić information content (AvgIpc) is 2.39. The Kier molecular flexibility index (Phi) is 5.15. The van der Waals surface area contributed by atoms with Gasteiger partial charge in [0.25, 0.3) is 0 Å². The van der Waals surface area contributed by atoms with E-state index >= 15 is 0 Å². The van der Waals surface area contributed by atoms with Crippen LogP contribution in [0.5, 0.6) is 0 Å². The minimum absolute atomic E-state index is 0.369. The summed E-state index contributed by atoms with van der Waals surface area (Å²) in [5.41, 5.74) is 9.83. The van der Waals surface area contributed by atoms with E-state index in [0.717, 1.165) is 40.6 Å². The lowest BCUT2D eigenvalue weighted by atomic mass is 10.1. The molecule has 1 heterocycles. The van der Waals surface area contributed by atoms with Crippen LogP contribution in [0.25, 0.3) is 0 Å². The van der Waals surface area contributed by atoms with Crippen molar-refractivity contribution in [3.05, 3.63) is 57.7 Å². The van der Waals surface area contributed by atoms with Gasteiger partial charge in [-0.1, -0.05) is 36.0 Å². The van der Waals surface area contributed by atoms with E-state index in [4.69, 9.17) is 29.6 Å². The van der Waals surface area contributed by atoms with Crippen LogP contribution in [-0.2, 0) is 6.42 Å². The van der Waals surface area contributed by atoms with Gasteiger partial charge in [-0.05, 0) is 49.6 Å². The van der Waals surface area contributed by atoms with Gasteiger partial charge in [-0.25, -0.2) is 4.98 Å². The zero-order chi connectivity index (χ0) is 15.4. The van der Waals surface area contributed by atoms with Gasteiger partial charge >= 0.3 is 0 Å². The van der Waals surface area contributed by atoms with Crippen LogP contribution in [0.15, 0.2) is 30.3 Å². The predicted molar refractivity (Wildman–Crippen MR) is 93.2 cm³/mol. The monoisotopic (exact) mass is 319 g/mol. The first-order chi connectivity index (χ1) is 9.97. The number of anilines is 1. The molecular weight excluding hydrogens is 302 g/mol. The Morgan fingerprint density at radius 3 is 2.57 bits per heavy atom. The van der Waals surface area contributed by atoms with E-state index in [0.29, 0.717) is 4.99 Å². The van der Waals surface area contributed by atoms with Gasteiger partial charge in [-0.2, -0.15) is 0 Å². The number of nitrogens with one attached hydrogen (secondary N) is 1. The highest BCUT2D eigenvalue weighted by atomic mass is 35.5. The number of nitrogens with zero attached hydrogens (tertiary/aromatic N) is 1. The average molecular weight is 320 g/mol. The highest BCUT2D eigenvalue weighted by Gasteiger charge is 2.11. The van der Waals surface area contributed by atoms with Crippen molar-refractivity contribution >= 4 is 34.6 Å². The normalized spacial score (nSPS) is 10.4. The number of aryl methyl sites for hydroxylation is 2. The van der Waals surface area contributed by atoms with Gasteiger partial charge in [0.2, 0.25) is 0 Å². The minimum Gasteiger partial charge on any atom is -0.389 e. The fourth-order valence-electron chi connectivity index (χ4n) is 2.25. The fourth-order valence-corrected chi connectivity index (χ4v) is 2.64. The van der Waals surface area contributed by atoms with Crippen molar-refractivity contribution in [2.45, 2.75) is 20.3 Å². The molecule has 3 N–H and O–H groups in total. The third kappa shape index (κ3) is 4.16. The SMILES string of the molecule is Cc1cc(C)c(C(N)=S)c(NCCc2ccc(Cl)cc2)n1. The highest BCUT2D eigenvalue weighted by molar-refractivity contribution is 7.80. The topological polar surface area (TPSA) is 50.9 Å². The van der Waals surface area contributed by atoms with Crippen LogP contribution in [0.4, 0.5) is 5.82 Å². The van der Waals surface area contributed by atoms with E-state index in [-0.39, 0.29) is 0 Å². The van der Waals surface area contributed by atoms with Gasteiger partial charge in [0.15, 0.2) is 0 Å². The number of aromatic nitrogens is 1. The van der Waals surface area contributed by atoms with Crippen molar-refractivity contribution in [2.24, 2.45) is 5.73 Å². The van der Waals surface area contributed by atoms with Gasteiger partial charge in [0.05, 0.1) is 5.56 Å². The van der Waals surface area contributed by atoms with Crippen LogP contribution >= 0.6 is 23.8 Å². The summed E-state index contributed by atoms with van der Waals surface area (Å²) in [5, 5.41) is 4.08. The number of hydrogen-bond donors (Lipinski definition) is 2. The zero-order valence-electron chi connectivity index (χ0n) is 12.1. The maximum absolute atomic E-state index is 5.88. The molecule has 0 unspecified atom stereocenters. The molecule has 0 radical (unpaired) electrons. The van der Waals surface area contributed by atoms with Gasteiger partial charge in [-0.3, -0.25) is 0 Å². The number of benzene rings is 1. The van der Waals surface area contributed by atoms with Crippen LogP contribution in [0, 0.1) is 13.8 Å². The predicted octanol–water partition coefficient (Wildman–Crippen LogP) is 3.64. The molecule has 0 aliphatic heterocycles. The molecule has 1 aromatic carbocycles. The maximum Gasteiger partial charge on any atom is 0.136 e. The summed E-state index contributed by atoms with van der Waals surface area (Å²) in [6.45, 7) is 4.71. The summed E-state index contributed by atoms with van der Waals surface area (Å²) in [6.07, 6.45) is 0.878. The second-order valence-corrected chi connectivity index (χ2v) is 5.85. The summed E-state index contributed by atoms with van der Waals surface area (Å²) >= 11 is 11.0. The third-order valence-electron chi connectivity index (χ3n) is 3.21. The maximum atomic E-state index is 5.88. The number of nitrogens with two attached hydrogens (primary N) is 1. The van der Waals surface area contributed by atoms with Gasteiger partial charge < -0.3 is 11.1 Å². The Labute approximate surface area is 135 Å². The fraction of sp³-hybridized carbons (Fsp3) is 0.250. The molecular formula is C16H18ClN3S. The minimum atomic E-state index is 0.369. The van der Waals surface area contributed by atoms with E-state index in [1.54, 1.807) is 0 Å². The molecule has 2 rings (SSSR count). The molecule has 0 aliphatic carbocycles.